The highest BCUT2D eigenvalue weighted by molar-refractivity contribution is 5.85. The zero-order valence-corrected chi connectivity index (χ0v) is 6.92. The van der Waals surface area contributed by atoms with Gasteiger partial charge in [0.2, 0.25) is 0 Å². The normalized spacial score (nSPS) is 8.55. The van der Waals surface area contributed by atoms with Crippen molar-refractivity contribution in [3.05, 3.63) is 30.3 Å². The van der Waals surface area contributed by atoms with E-state index >= 15 is 0 Å². The van der Waals surface area contributed by atoms with Crippen LogP contribution in [0.25, 0.3) is 0 Å². The second-order valence-corrected chi connectivity index (χ2v) is 1.99. The molecule has 0 unspecified atom stereocenters. The Bertz CT molecular complexity index is 190. The van der Waals surface area contributed by atoms with E-state index in [2.05, 4.69) is 0 Å². The van der Waals surface area contributed by atoms with E-state index in [1.54, 1.807) is 0 Å². The smallest absolute Gasteiger partial charge is 0.0811 e. The molecule has 4 heteroatoms. The van der Waals surface area contributed by atoms with E-state index in [1.807, 2.05) is 30.3 Å². The Balaban J connectivity index is 0.000001000. The monoisotopic (exact) mass is 173 g/mol. The molecule has 0 aliphatic carbocycles. The van der Waals surface area contributed by atoms with Crippen molar-refractivity contribution in [3.63, 3.8) is 0 Å². The van der Waals surface area contributed by atoms with Crippen LogP contribution >= 0.6 is 12.4 Å². The number of hydrogen-bond donors (Lipinski definition) is 2. The van der Waals surface area contributed by atoms with Crippen LogP contribution in [0.3, 0.4) is 0 Å². The van der Waals surface area contributed by atoms with E-state index in [4.69, 9.17) is 11.6 Å². The van der Waals surface area contributed by atoms with Gasteiger partial charge in [0.25, 0.3) is 0 Å². The zero-order valence-electron chi connectivity index (χ0n) is 6.10. The molecule has 3 nitrogen and oxygen atoms in total. The molecule has 1 aromatic carbocycles. The molecule has 4 N–H and O–H groups in total. The lowest BCUT2D eigenvalue weighted by Gasteiger charge is -2.14. The number of anilines is 1. The third-order valence-electron chi connectivity index (χ3n) is 1.28. The SMILES string of the molecule is Cl.NCN(N)c1ccccc1. The van der Waals surface area contributed by atoms with Crippen molar-refractivity contribution in [1.29, 1.82) is 0 Å². The largest absolute Gasteiger partial charge is 0.313 e. The van der Waals surface area contributed by atoms with Gasteiger partial charge in [-0.25, -0.2) is 5.84 Å². The second kappa shape index (κ2) is 4.96. The molecule has 0 fully saturated rings. The number of nitrogens with zero attached hydrogens (tertiary/aromatic N) is 1. The molecular formula is C7H12ClN3. The molecule has 0 aliphatic rings. The predicted octanol–water partition coefficient (Wildman–Crippen LogP) is 0.705. The van der Waals surface area contributed by atoms with E-state index in [0.717, 1.165) is 5.69 Å². The number of para-hydroxylation sites is 1. The molecule has 0 saturated heterocycles. The summed E-state index contributed by atoms with van der Waals surface area (Å²) in [5.74, 6) is 5.50. The average Bonchev–Trinajstić information content (AvgIpc) is 2.05. The van der Waals surface area contributed by atoms with Crippen molar-refractivity contribution < 1.29 is 0 Å². The van der Waals surface area contributed by atoms with E-state index in [0.29, 0.717) is 6.67 Å². The number of hydrogen-bond acceptors (Lipinski definition) is 3. The summed E-state index contributed by atoms with van der Waals surface area (Å²) < 4.78 is 0. The third kappa shape index (κ3) is 2.76. The predicted molar refractivity (Wildman–Crippen MR) is 49.4 cm³/mol. The zero-order chi connectivity index (χ0) is 7.40. The summed E-state index contributed by atoms with van der Waals surface area (Å²) in [5, 5.41) is 1.49. The quantitative estimate of drug-likeness (QED) is 0.394. The molecule has 1 aromatic rings. The van der Waals surface area contributed by atoms with Gasteiger partial charge < -0.3 is 5.73 Å². The average molecular weight is 174 g/mol. The summed E-state index contributed by atoms with van der Waals surface area (Å²) in [4.78, 5) is 0. The minimum Gasteiger partial charge on any atom is -0.313 e. The van der Waals surface area contributed by atoms with Crippen molar-refractivity contribution in [2.45, 2.75) is 0 Å². The van der Waals surface area contributed by atoms with Gasteiger partial charge in [-0.2, -0.15) is 0 Å². The van der Waals surface area contributed by atoms with Crippen molar-refractivity contribution in [3.8, 4) is 0 Å². The molecule has 0 aromatic heterocycles. The van der Waals surface area contributed by atoms with Crippen LogP contribution in [-0.4, -0.2) is 6.67 Å². The summed E-state index contributed by atoms with van der Waals surface area (Å²) in [6, 6.07) is 9.60. The van der Waals surface area contributed by atoms with Gasteiger partial charge in [0, 0.05) is 0 Å². The molecule has 0 heterocycles. The first-order valence-electron chi connectivity index (χ1n) is 3.12. The van der Waals surface area contributed by atoms with Gasteiger partial charge in [-0.1, -0.05) is 18.2 Å². The highest BCUT2D eigenvalue weighted by Crippen LogP contribution is 2.06. The van der Waals surface area contributed by atoms with Crippen molar-refractivity contribution in [2.75, 3.05) is 11.7 Å². The summed E-state index contributed by atoms with van der Waals surface area (Å²) in [5.41, 5.74) is 6.24. The summed E-state index contributed by atoms with van der Waals surface area (Å²) in [6.45, 7) is 0.337. The maximum Gasteiger partial charge on any atom is 0.0811 e. The van der Waals surface area contributed by atoms with Gasteiger partial charge in [-0.3, -0.25) is 5.01 Å². The van der Waals surface area contributed by atoms with Crippen LogP contribution in [0.5, 0.6) is 0 Å². The first-order chi connectivity index (χ1) is 4.84. The Labute approximate surface area is 72.4 Å². The molecule has 0 amide bonds. The summed E-state index contributed by atoms with van der Waals surface area (Å²) in [6.07, 6.45) is 0. The second-order valence-electron chi connectivity index (χ2n) is 1.99. The highest BCUT2D eigenvalue weighted by Gasteiger charge is 1.93. The number of nitrogens with two attached hydrogens (primary N) is 2. The van der Waals surface area contributed by atoms with Crippen molar-refractivity contribution in [2.24, 2.45) is 11.6 Å². The Hall–Kier alpha value is -0.770. The van der Waals surface area contributed by atoms with Gasteiger partial charge in [-0.15, -0.1) is 12.4 Å². The Morgan fingerprint density at radius 3 is 2.18 bits per heavy atom. The van der Waals surface area contributed by atoms with E-state index < -0.39 is 0 Å². The molecule has 0 aliphatic heterocycles. The lowest BCUT2D eigenvalue weighted by atomic mass is 10.3. The first kappa shape index (κ1) is 10.2. The fourth-order valence-corrected chi connectivity index (χ4v) is 0.725. The number of rotatable bonds is 2. The number of halogens is 1. The minimum atomic E-state index is 0. The van der Waals surface area contributed by atoms with Crippen molar-refractivity contribution >= 4 is 18.1 Å². The Morgan fingerprint density at radius 1 is 1.18 bits per heavy atom. The highest BCUT2D eigenvalue weighted by atomic mass is 35.5. The molecule has 0 spiro atoms. The fraction of sp³-hybridized carbons (Fsp3) is 0.143. The van der Waals surface area contributed by atoms with Gasteiger partial charge >= 0.3 is 0 Å². The standard InChI is InChI=1S/C7H11N3.ClH/c8-6-10(9)7-4-2-1-3-5-7;/h1-5H,6,8-9H2;1H. The van der Waals surface area contributed by atoms with E-state index in [-0.39, 0.29) is 12.4 Å². The first-order valence-corrected chi connectivity index (χ1v) is 3.12. The summed E-state index contributed by atoms with van der Waals surface area (Å²) >= 11 is 0. The lowest BCUT2D eigenvalue weighted by molar-refractivity contribution is 0.865. The van der Waals surface area contributed by atoms with Crippen LogP contribution in [0.2, 0.25) is 0 Å². The Kier molecular flexibility index (Phi) is 4.61. The van der Waals surface area contributed by atoms with Gasteiger partial charge in [-0.05, 0) is 12.1 Å². The van der Waals surface area contributed by atoms with E-state index in [1.165, 1.54) is 5.01 Å². The molecule has 0 saturated carbocycles. The van der Waals surface area contributed by atoms with Gasteiger partial charge in [0.1, 0.15) is 0 Å². The number of benzene rings is 1. The Morgan fingerprint density at radius 2 is 1.73 bits per heavy atom. The third-order valence-corrected chi connectivity index (χ3v) is 1.28. The van der Waals surface area contributed by atoms with Crippen LogP contribution in [0.15, 0.2) is 30.3 Å². The molecule has 0 atom stereocenters. The van der Waals surface area contributed by atoms with Crippen LogP contribution in [0.4, 0.5) is 5.69 Å². The maximum atomic E-state index is 5.50. The molecule has 0 radical (unpaired) electrons. The minimum absolute atomic E-state index is 0. The summed E-state index contributed by atoms with van der Waals surface area (Å²) in [7, 11) is 0. The molecular weight excluding hydrogens is 162 g/mol. The molecule has 0 bridgehead atoms. The van der Waals surface area contributed by atoms with Gasteiger partial charge in [0.05, 0.1) is 12.4 Å². The van der Waals surface area contributed by atoms with E-state index in [9.17, 15) is 0 Å². The molecule has 62 valence electrons. The maximum absolute atomic E-state index is 5.50. The number of hydrazine groups is 1. The van der Waals surface area contributed by atoms with Crippen LogP contribution in [-0.2, 0) is 0 Å². The fourth-order valence-electron chi connectivity index (χ4n) is 0.725. The topological polar surface area (TPSA) is 55.3 Å². The van der Waals surface area contributed by atoms with Crippen LogP contribution in [0.1, 0.15) is 0 Å². The lowest BCUT2D eigenvalue weighted by Crippen LogP contribution is -2.36. The van der Waals surface area contributed by atoms with Crippen LogP contribution < -0.4 is 16.6 Å². The van der Waals surface area contributed by atoms with Crippen LogP contribution in [0, 0.1) is 0 Å². The van der Waals surface area contributed by atoms with Gasteiger partial charge in [0.15, 0.2) is 0 Å². The molecule has 1 rings (SSSR count). The van der Waals surface area contributed by atoms with Crippen molar-refractivity contribution in [1.82, 2.24) is 0 Å². The molecule has 11 heavy (non-hydrogen) atoms.